The molecule has 2 heterocycles. The number of hydrogen-bond donors (Lipinski definition) is 1. The first kappa shape index (κ1) is 6.69. The molecule has 11 heavy (non-hydrogen) atoms. The lowest BCUT2D eigenvalue weighted by Gasteiger charge is -1.87. The van der Waals surface area contributed by atoms with Crippen molar-refractivity contribution in [2.45, 2.75) is 6.54 Å². The van der Waals surface area contributed by atoms with Crippen molar-refractivity contribution in [3.05, 3.63) is 24.0 Å². The molecule has 0 spiro atoms. The summed E-state index contributed by atoms with van der Waals surface area (Å²) in [5.74, 6) is 0. The van der Waals surface area contributed by atoms with Crippen molar-refractivity contribution < 1.29 is 0 Å². The summed E-state index contributed by atoms with van der Waals surface area (Å²) in [6, 6.07) is 3.90. The molecule has 3 nitrogen and oxygen atoms in total. The van der Waals surface area contributed by atoms with Gasteiger partial charge in [0.1, 0.15) is 5.52 Å². The molecular weight excluding hydrogens is 158 g/mol. The second-order valence-corrected chi connectivity index (χ2v) is 2.99. The van der Waals surface area contributed by atoms with E-state index < -0.39 is 0 Å². The van der Waals surface area contributed by atoms with Crippen molar-refractivity contribution in [2.24, 2.45) is 5.73 Å². The SMILES string of the molecule is NCc1nsc2cccnc12. The molecule has 2 aromatic rings. The van der Waals surface area contributed by atoms with Gasteiger partial charge in [0.05, 0.1) is 10.4 Å². The van der Waals surface area contributed by atoms with Gasteiger partial charge < -0.3 is 5.73 Å². The molecule has 2 N–H and O–H groups in total. The maximum Gasteiger partial charge on any atom is 0.106 e. The number of nitrogens with two attached hydrogens (primary N) is 1. The second-order valence-electron chi connectivity index (χ2n) is 2.18. The molecule has 0 radical (unpaired) electrons. The van der Waals surface area contributed by atoms with Crippen LogP contribution in [0, 0.1) is 0 Å². The van der Waals surface area contributed by atoms with E-state index in [2.05, 4.69) is 9.36 Å². The minimum Gasteiger partial charge on any atom is -0.325 e. The largest absolute Gasteiger partial charge is 0.325 e. The van der Waals surface area contributed by atoms with E-state index in [4.69, 9.17) is 5.73 Å². The van der Waals surface area contributed by atoms with Crippen molar-refractivity contribution in [1.82, 2.24) is 9.36 Å². The first-order valence-corrected chi connectivity index (χ1v) is 4.08. The van der Waals surface area contributed by atoms with Crippen LogP contribution in [0.15, 0.2) is 18.3 Å². The average molecular weight is 165 g/mol. The number of rotatable bonds is 1. The van der Waals surface area contributed by atoms with Gasteiger partial charge in [-0.05, 0) is 23.7 Å². The summed E-state index contributed by atoms with van der Waals surface area (Å²) in [4.78, 5) is 4.18. The molecule has 0 aliphatic carbocycles. The van der Waals surface area contributed by atoms with E-state index in [1.807, 2.05) is 12.1 Å². The molecule has 0 aliphatic rings. The second kappa shape index (κ2) is 2.56. The molecule has 0 atom stereocenters. The molecule has 2 rings (SSSR count). The smallest absolute Gasteiger partial charge is 0.106 e. The third-order valence-electron chi connectivity index (χ3n) is 1.49. The van der Waals surface area contributed by atoms with Crippen molar-refractivity contribution in [3.8, 4) is 0 Å². The Labute approximate surface area is 68.0 Å². The summed E-state index contributed by atoms with van der Waals surface area (Å²) in [5.41, 5.74) is 7.30. The van der Waals surface area contributed by atoms with Gasteiger partial charge >= 0.3 is 0 Å². The zero-order valence-corrected chi connectivity index (χ0v) is 6.64. The monoisotopic (exact) mass is 165 g/mol. The normalized spacial score (nSPS) is 10.6. The van der Waals surface area contributed by atoms with E-state index in [1.165, 1.54) is 11.5 Å². The number of fused-ring (bicyclic) bond motifs is 1. The van der Waals surface area contributed by atoms with E-state index >= 15 is 0 Å². The van der Waals surface area contributed by atoms with Gasteiger partial charge in [0.25, 0.3) is 0 Å². The molecule has 0 unspecified atom stereocenters. The van der Waals surface area contributed by atoms with Gasteiger partial charge in [0.15, 0.2) is 0 Å². The Bertz CT molecular complexity index is 368. The Morgan fingerprint density at radius 1 is 1.55 bits per heavy atom. The predicted octanol–water partition coefficient (Wildman–Crippen LogP) is 1.15. The predicted molar refractivity (Wildman–Crippen MR) is 45.3 cm³/mol. The fourth-order valence-electron chi connectivity index (χ4n) is 0.962. The van der Waals surface area contributed by atoms with Gasteiger partial charge in [-0.15, -0.1) is 0 Å². The van der Waals surface area contributed by atoms with Crippen LogP contribution in [0.3, 0.4) is 0 Å². The van der Waals surface area contributed by atoms with Crippen molar-refractivity contribution in [2.75, 3.05) is 0 Å². The molecule has 0 saturated carbocycles. The molecule has 0 fully saturated rings. The van der Waals surface area contributed by atoms with Crippen molar-refractivity contribution in [3.63, 3.8) is 0 Å². The van der Waals surface area contributed by atoms with Gasteiger partial charge in [0, 0.05) is 12.7 Å². The first-order valence-electron chi connectivity index (χ1n) is 3.31. The van der Waals surface area contributed by atoms with Crippen LogP contribution in [-0.4, -0.2) is 9.36 Å². The quantitative estimate of drug-likeness (QED) is 0.689. The molecule has 56 valence electrons. The van der Waals surface area contributed by atoms with E-state index in [0.29, 0.717) is 6.54 Å². The van der Waals surface area contributed by atoms with Crippen LogP contribution >= 0.6 is 11.5 Å². The minimum absolute atomic E-state index is 0.469. The summed E-state index contributed by atoms with van der Waals surface area (Å²) in [5, 5.41) is 0. The van der Waals surface area contributed by atoms with Crippen LogP contribution in [0.5, 0.6) is 0 Å². The number of aromatic nitrogens is 2. The number of pyridine rings is 1. The highest BCUT2D eigenvalue weighted by Crippen LogP contribution is 2.18. The standard InChI is InChI=1S/C7H7N3S/c8-4-5-7-6(11-10-5)2-1-3-9-7/h1-3H,4,8H2. The lowest BCUT2D eigenvalue weighted by atomic mass is 10.3. The van der Waals surface area contributed by atoms with E-state index in [9.17, 15) is 0 Å². The van der Waals surface area contributed by atoms with E-state index in [1.54, 1.807) is 6.20 Å². The van der Waals surface area contributed by atoms with Gasteiger partial charge in [-0.3, -0.25) is 4.98 Å². The highest BCUT2D eigenvalue weighted by Gasteiger charge is 2.02. The lowest BCUT2D eigenvalue weighted by molar-refractivity contribution is 1.03. The van der Waals surface area contributed by atoms with Gasteiger partial charge in [0.2, 0.25) is 0 Å². The Kier molecular flexibility index (Phi) is 1.56. The van der Waals surface area contributed by atoms with Crippen LogP contribution in [0.25, 0.3) is 10.2 Å². The molecule has 0 bridgehead atoms. The topological polar surface area (TPSA) is 51.8 Å². The Hall–Kier alpha value is -1.00. The number of nitrogens with zero attached hydrogens (tertiary/aromatic N) is 2. The summed E-state index contributed by atoms with van der Waals surface area (Å²) >= 11 is 1.45. The van der Waals surface area contributed by atoms with E-state index in [0.717, 1.165) is 15.9 Å². The van der Waals surface area contributed by atoms with Crippen LogP contribution in [0.4, 0.5) is 0 Å². The van der Waals surface area contributed by atoms with Gasteiger partial charge in [-0.25, -0.2) is 0 Å². The zero-order valence-electron chi connectivity index (χ0n) is 5.82. The van der Waals surface area contributed by atoms with Crippen molar-refractivity contribution in [1.29, 1.82) is 0 Å². The zero-order chi connectivity index (χ0) is 7.68. The molecule has 4 heteroatoms. The van der Waals surface area contributed by atoms with Gasteiger partial charge in [-0.2, -0.15) is 4.37 Å². The maximum absolute atomic E-state index is 5.46. The Balaban J connectivity index is 2.76. The van der Waals surface area contributed by atoms with Crippen LogP contribution < -0.4 is 5.73 Å². The van der Waals surface area contributed by atoms with E-state index in [-0.39, 0.29) is 0 Å². The molecule has 0 aromatic carbocycles. The molecule has 0 saturated heterocycles. The average Bonchev–Trinajstić information content (AvgIpc) is 2.47. The van der Waals surface area contributed by atoms with Crippen LogP contribution in [0.1, 0.15) is 5.69 Å². The molecule has 2 aromatic heterocycles. The van der Waals surface area contributed by atoms with Crippen molar-refractivity contribution >= 4 is 21.7 Å². The van der Waals surface area contributed by atoms with Crippen LogP contribution in [0.2, 0.25) is 0 Å². The summed E-state index contributed by atoms with van der Waals surface area (Å²) in [6.07, 6.45) is 1.76. The highest BCUT2D eigenvalue weighted by molar-refractivity contribution is 7.13. The third kappa shape index (κ3) is 1.00. The lowest BCUT2D eigenvalue weighted by Crippen LogP contribution is -1.96. The van der Waals surface area contributed by atoms with Crippen LogP contribution in [-0.2, 0) is 6.54 Å². The number of hydrogen-bond acceptors (Lipinski definition) is 4. The summed E-state index contributed by atoms with van der Waals surface area (Å²) in [6.45, 7) is 0.469. The maximum atomic E-state index is 5.46. The highest BCUT2D eigenvalue weighted by atomic mass is 32.1. The Morgan fingerprint density at radius 3 is 3.27 bits per heavy atom. The van der Waals surface area contributed by atoms with Gasteiger partial charge in [-0.1, -0.05) is 0 Å². The molecule has 0 amide bonds. The molecule has 0 aliphatic heterocycles. The fraction of sp³-hybridized carbons (Fsp3) is 0.143. The third-order valence-corrected chi connectivity index (χ3v) is 2.33. The minimum atomic E-state index is 0.469. The Morgan fingerprint density at radius 2 is 2.45 bits per heavy atom. The first-order chi connectivity index (χ1) is 5.42. The fourth-order valence-corrected chi connectivity index (χ4v) is 1.73. The summed E-state index contributed by atoms with van der Waals surface area (Å²) in [7, 11) is 0. The summed E-state index contributed by atoms with van der Waals surface area (Å²) < 4.78 is 5.27. The molecular formula is C7H7N3S.